The molecule has 0 saturated heterocycles. The number of aliphatic imine (C=N–C) groups is 1. The Kier molecular flexibility index (Phi) is 3.08. The lowest BCUT2D eigenvalue weighted by Gasteiger charge is -2.10. The minimum absolute atomic E-state index is 1.03. The normalized spacial score (nSPS) is 19.3. The summed E-state index contributed by atoms with van der Waals surface area (Å²) in [5, 5.41) is 3.27. The summed E-state index contributed by atoms with van der Waals surface area (Å²) in [6.07, 6.45) is 8.29. The molecule has 0 aromatic heterocycles. The van der Waals surface area contributed by atoms with Gasteiger partial charge >= 0.3 is 0 Å². The van der Waals surface area contributed by atoms with E-state index in [9.17, 15) is 0 Å². The van der Waals surface area contributed by atoms with Gasteiger partial charge in [-0.1, -0.05) is 0 Å². The molecule has 0 amide bonds. The van der Waals surface area contributed by atoms with Gasteiger partial charge in [0.2, 0.25) is 0 Å². The third kappa shape index (κ3) is 3.02. The summed E-state index contributed by atoms with van der Waals surface area (Å²) >= 11 is 0. The van der Waals surface area contributed by atoms with Crippen LogP contribution >= 0.6 is 0 Å². The highest BCUT2D eigenvalue weighted by atomic mass is 14.9. The van der Waals surface area contributed by atoms with Crippen molar-refractivity contribution in [1.82, 2.24) is 5.32 Å². The molecule has 17 heavy (non-hydrogen) atoms. The van der Waals surface area contributed by atoms with Gasteiger partial charge < -0.3 is 5.32 Å². The van der Waals surface area contributed by atoms with E-state index in [1.165, 1.54) is 0 Å². The second kappa shape index (κ2) is 4.52. The first-order chi connectivity index (χ1) is 8.02. The van der Waals surface area contributed by atoms with E-state index in [4.69, 9.17) is 0 Å². The molecule has 0 radical (unpaired) electrons. The fraction of sp³-hybridized carbons (Fsp3) is 0.267. The Balaban J connectivity index is 2.42. The van der Waals surface area contributed by atoms with Crippen LogP contribution in [0, 0.1) is 6.42 Å². The van der Waals surface area contributed by atoms with Gasteiger partial charge in [0, 0.05) is 11.4 Å². The van der Waals surface area contributed by atoms with E-state index in [-0.39, 0.29) is 0 Å². The maximum Gasteiger partial charge on any atom is 0.192 e. The summed E-state index contributed by atoms with van der Waals surface area (Å²) in [7, 11) is 0. The second-order valence-corrected chi connectivity index (χ2v) is 4.50. The Morgan fingerprint density at radius 2 is 1.71 bits per heavy atom. The fourth-order valence-electron chi connectivity index (χ4n) is 2.04. The van der Waals surface area contributed by atoms with Gasteiger partial charge in [-0.3, -0.25) is 0 Å². The molecule has 2 nitrogen and oxygen atoms in total. The van der Waals surface area contributed by atoms with Crippen molar-refractivity contribution in [2.45, 2.75) is 27.7 Å². The monoisotopic (exact) mass is 225 g/mol. The highest BCUT2D eigenvalue weighted by Gasteiger charge is 2.14. The van der Waals surface area contributed by atoms with E-state index in [2.05, 4.69) is 42.0 Å². The number of rotatable bonds is 0. The highest BCUT2D eigenvalue weighted by Crippen LogP contribution is 2.17. The van der Waals surface area contributed by atoms with Gasteiger partial charge in [0.25, 0.3) is 0 Å². The Labute approximate surface area is 103 Å². The first kappa shape index (κ1) is 11.6. The minimum atomic E-state index is 1.03. The van der Waals surface area contributed by atoms with Gasteiger partial charge in [-0.15, -0.1) is 0 Å². The van der Waals surface area contributed by atoms with E-state index in [1.54, 1.807) is 0 Å². The molecule has 2 heterocycles. The van der Waals surface area contributed by atoms with Crippen LogP contribution in [0.15, 0.2) is 57.2 Å². The lowest BCUT2D eigenvalue weighted by atomic mass is 10.0. The van der Waals surface area contributed by atoms with E-state index >= 15 is 0 Å². The van der Waals surface area contributed by atoms with Crippen LogP contribution in [-0.2, 0) is 0 Å². The average molecular weight is 225 g/mol. The SMILES string of the molecule is CC1=CC(=C=C2C=C(C)NC(C)=C2)[CH+]C(C)=N1. The molecular formula is C15H17N2+. The zero-order chi connectivity index (χ0) is 12.4. The van der Waals surface area contributed by atoms with Gasteiger partial charge in [0.1, 0.15) is 0 Å². The zero-order valence-corrected chi connectivity index (χ0v) is 10.8. The molecule has 0 atom stereocenters. The lowest BCUT2D eigenvalue weighted by Crippen LogP contribution is -2.11. The number of hydrogen-bond acceptors (Lipinski definition) is 2. The molecular weight excluding hydrogens is 208 g/mol. The first-order valence-electron chi connectivity index (χ1n) is 5.76. The predicted octanol–water partition coefficient (Wildman–Crippen LogP) is 3.43. The Hall–Kier alpha value is -1.92. The smallest absolute Gasteiger partial charge is 0.192 e. The molecule has 0 bridgehead atoms. The summed E-state index contributed by atoms with van der Waals surface area (Å²) in [5.41, 5.74) is 9.95. The van der Waals surface area contributed by atoms with Crippen molar-refractivity contribution in [3.05, 3.63) is 58.6 Å². The van der Waals surface area contributed by atoms with E-state index in [0.717, 1.165) is 33.9 Å². The van der Waals surface area contributed by atoms with Crippen molar-refractivity contribution in [2.75, 3.05) is 0 Å². The summed E-state index contributed by atoms with van der Waals surface area (Å²) in [6.45, 7) is 8.13. The Morgan fingerprint density at radius 1 is 1.06 bits per heavy atom. The third-order valence-corrected chi connectivity index (χ3v) is 2.51. The van der Waals surface area contributed by atoms with Crippen molar-refractivity contribution < 1.29 is 0 Å². The van der Waals surface area contributed by atoms with E-state index < -0.39 is 0 Å². The predicted molar refractivity (Wildman–Crippen MR) is 72.4 cm³/mol. The quantitative estimate of drug-likeness (QED) is 0.495. The van der Waals surface area contributed by atoms with Crippen LogP contribution in [0.5, 0.6) is 0 Å². The number of nitrogens with zero attached hydrogens (tertiary/aromatic N) is 1. The van der Waals surface area contributed by atoms with Crippen LogP contribution in [0.1, 0.15) is 27.7 Å². The molecule has 0 saturated carbocycles. The molecule has 0 spiro atoms. The van der Waals surface area contributed by atoms with Crippen LogP contribution in [0.3, 0.4) is 0 Å². The van der Waals surface area contributed by atoms with Gasteiger partial charge in [-0.2, -0.15) is 0 Å². The number of allylic oxidation sites excluding steroid dienone is 7. The van der Waals surface area contributed by atoms with Gasteiger partial charge in [-0.05, 0) is 39.8 Å². The van der Waals surface area contributed by atoms with Crippen molar-refractivity contribution in [2.24, 2.45) is 4.99 Å². The highest BCUT2D eigenvalue weighted by molar-refractivity contribution is 5.95. The third-order valence-electron chi connectivity index (χ3n) is 2.51. The van der Waals surface area contributed by atoms with E-state index in [0.29, 0.717) is 0 Å². The van der Waals surface area contributed by atoms with Crippen LogP contribution in [0.4, 0.5) is 0 Å². The molecule has 0 unspecified atom stereocenters. The second-order valence-electron chi connectivity index (χ2n) is 4.50. The summed E-state index contributed by atoms with van der Waals surface area (Å²) in [5.74, 6) is 0. The Morgan fingerprint density at radius 3 is 2.29 bits per heavy atom. The molecule has 2 aliphatic heterocycles. The molecule has 2 rings (SSSR count). The largest absolute Gasteiger partial charge is 0.363 e. The number of hydrogen-bond donors (Lipinski definition) is 1. The molecule has 0 aromatic rings. The molecule has 0 fully saturated rings. The standard InChI is InChI=1S/C15H17N2/c1-10-5-14(6-11(2)16-10)9-15-7-12(3)17-13(4)8-15/h5-8,16H,1-4H3/q+1. The number of nitrogens with one attached hydrogen (secondary N) is 1. The summed E-state index contributed by atoms with van der Waals surface area (Å²) in [4.78, 5) is 4.36. The van der Waals surface area contributed by atoms with Crippen LogP contribution < -0.4 is 5.32 Å². The fourth-order valence-corrected chi connectivity index (χ4v) is 2.04. The van der Waals surface area contributed by atoms with Crippen LogP contribution in [0.25, 0.3) is 0 Å². The molecule has 86 valence electrons. The maximum absolute atomic E-state index is 4.36. The van der Waals surface area contributed by atoms with Crippen molar-refractivity contribution in [3.63, 3.8) is 0 Å². The van der Waals surface area contributed by atoms with Crippen molar-refractivity contribution in [1.29, 1.82) is 0 Å². The number of dihydropyridines is 1. The Bertz CT molecular complexity index is 513. The molecule has 1 N–H and O–H groups in total. The molecule has 2 heteroatoms. The summed E-state index contributed by atoms with van der Waals surface area (Å²) in [6, 6.07) is 0. The lowest BCUT2D eigenvalue weighted by molar-refractivity contribution is 0.948. The van der Waals surface area contributed by atoms with Crippen LogP contribution in [-0.4, -0.2) is 5.71 Å². The average Bonchev–Trinajstić information content (AvgIpc) is 2.13. The molecule has 2 aliphatic rings. The van der Waals surface area contributed by atoms with Gasteiger partial charge in [-0.25, -0.2) is 4.99 Å². The van der Waals surface area contributed by atoms with E-state index in [1.807, 2.05) is 26.3 Å². The topological polar surface area (TPSA) is 24.4 Å². The summed E-state index contributed by atoms with van der Waals surface area (Å²) < 4.78 is 0. The maximum atomic E-state index is 4.36. The first-order valence-corrected chi connectivity index (χ1v) is 5.76. The van der Waals surface area contributed by atoms with Gasteiger partial charge in [0.15, 0.2) is 5.57 Å². The van der Waals surface area contributed by atoms with Crippen molar-refractivity contribution >= 4 is 5.71 Å². The zero-order valence-electron chi connectivity index (χ0n) is 10.8. The van der Waals surface area contributed by atoms with Crippen LogP contribution in [0.2, 0.25) is 0 Å². The molecule has 0 aliphatic carbocycles. The van der Waals surface area contributed by atoms with Crippen molar-refractivity contribution in [3.8, 4) is 0 Å². The molecule has 0 aromatic carbocycles. The van der Waals surface area contributed by atoms with Gasteiger partial charge in [0.05, 0.1) is 35.2 Å². The minimum Gasteiger partial charge on any atom is -0.363 e.